The Morgan fingerprint density at radius 1 is 1.73 bits per heavy atom. The van der Waals surface area contributed by atoms with Crippen LogP contribution in [-0.2, 0) is 17.3 Å². The average molecular weight is 206 g/mol. The zero-order valence-corrected chi connectivity index (χ0v) is 8.68. The second-order valence-electron chi connectivity index (χ2n) is 4.85. The molecule has 1 aromatic rings. The van der Waals surface area contributed by atoms with Crippen molar-refractivity contribution in [1.82, 2.24) is 9.78 Å². The van der Waals surface area contributed by atoms with E-state index in [0.717, 1.165) is 25.0 Å². The molecule has 1 heterocycles. The summed E-state index contributed by atoms with van der Waals surface area (Å²) >= 11 is 0. The third-order valence-corrected chi connectivity index (χ3v) is 4.14. The fourth-order valence-corrected chi connectivity index (χ4v) is 3.48. The highest BCUT2D eigenvalue weighted by atomic mass is 16.4. The van der Waals surface area contributed by atoms with Gasteiger partial charge in [-0.25, -0.2) is 0 Å². The first-order chi connectivity index (χ1) is 7.13. The molecule has 0 spiro atoms. The van der Waals surface area contributed by atoms with Crippen LogP contribution in [0.25, 0.3) is 0 Å². The van der Waals surface area contributed by atoms with Crippen molar-refractivity contribution in [3.05, 3.63) is 18.0 Å². The van der Waals surface area contributed by atoms with E-state index in [1.807, 2.05) is 19.3 Å². The lowest BCUT2D eigenvalue weighted by Gasteiger charge is -2.43. The van der Waals surface area contributed by atoms with Gasteiger partial charge in [-0.3, -0.25) is 9.48 Å². The first-order valence-electron chi connectivity index (χ1n) is 5.36. The Labute approximate surface area is 87.9 Å². The molecule has 1 aromatic heterocycles. The van der Waals surface area contributed by atoms with E-state index >= 15 is 0 Å². The number of aromatic nitrogens is 2. The van der Waals surface area contributed by atoms with E-state index in [-0.39, 0.29) is 11.3 Å². The standard InChI is InChI=1S/C11H14N2O2/c1-13-5-3-8(12-13)11-4-2-7(6-11)9(11)10(14)15/h3,5,7,9H,2,4,6H2,1H3,(H,14,15). The molecule has 80 valence electrons. The van der Waals surface area contributed by atoms with Gasteiger partial charge in [-0.2, -0.15) is 5.10 Å². The van der Waals surface area contributed by atoms with E-state index in [0.29, 0.717) is 5.92 Å². The fourth-order valence-electron chi connectivity index (χ4n) is 3.48. The molecule has 3 aliphatic carbocycles. The van der Waals surface area contributed by atoms with E-state index in [4.69, 9.17) is 0 Å². The Balaban J connectivity index is 2.01. The van der Waals surface area contributed by atoms with Crippen LogP contribution in [0, 0.1) is 11.8 Å². The number of aryl methyl sites for hydroxylation is 1. The molecule has 0 amide bonds. The van der Waals surface area contributed by atoms with Crippen LogP contribution in [0.1, 0.15) is 25.0 Å². The Morgan fingerprint density at radius 2 is 2.53 bits per heavy atom. The maximum Gasteiger partial charge on any atom is 0.307 e. The molecule has 1 N–H and O–H groups in total. The van der Waals surface area contributed by atoms with Gasteiger partial charge in [0.1, 0.15) is 0 Å². The van der Waals surface area contributed by atoms with Crippen molar-refractivity contribution in [3.63, 3.8) is 0 Å². The third-order valence-electron chi connectivity index (χ3n) is 4.14. The first-order valence-corrected chi connectivity index (χ1v) is 5.36. The molecule has 0 aliphatic heterocycles. The molecule has 3 aliphatic rings. The van der Waals surface area contributed by atoms with Crippen LogP contribution in [0.3, 0.4) is 0 Å². The highest BCUT2D eigenvalue weighted by Crippen LogP contribution is 2.63. The normalized spacial score (nSPS) is 37.7. The second-order valence-corrected chi connectivity index (χ2v) is 4.85. The minimum absolute atomic E-state index is 0.141. The Hall–Kier alpha value is -1.32. The quantitative estimate of drug-likeness (QED) is 0.790. The molecule has 4 nitrogen and oxygen atoms in total. The number of nitrogens with zero attached hydrogens (tertiary/aromatic N) is 2. The summed E-state index contributed by atoms with van der Waals surface area (Å²) in [6.07, 6.45) is 4.95. The summed E-state index contributed by atoms with van der Waals surface area (Å²) in [5.41, 5.74) is 0.837. The zero-order chi connectivity index (χ0) is 10.6. The van der Waals surface area contributed by atoms with Crippen molar-refractivity contribution in [2.75, 3.05) is 0 Å². The van der Waals surface area contributed by atoms with Gasteiger partial charge < -0.3 is 5.11 Å². The summed E-state index contributed by atoms with van der Waals surface area (Å²) in [6.45, 7) is 0. The lowest BCUT2D eigenvalue weighted by Crippen LogP contribution is -2.48. The van der Waals surface area contributed by atoms with E-state index in [2.05, 4.69) is 5.10 Å². The smallest absolute Gasteiger partial charge is 0.307 e. The van der Waals surface area contributed by atoms with Crippen LogP contribution in [0.5, 0.6) is 0 Å². The van der Waals surface area contributed by atoms with Gasteiger partial charge in [0, 0.05) is 18.7 Å². The summed E-state index contributed by atoms with van der Waals surface area (Å²) in [6, 6.07) is 1.97. The fraction of sp³-hybridized carbons (Fsp3) is 0.636. The van der Waals surface area contributed by atoms with Crippen LogP contribution in [0.4, 0.5) is 0 Å². The maximum atomic E-state index is 11.2. The SMILES string of the molecule is Cn1ccc(C23CCC(C2)C3C(=O)O)n1. The zero-order valence-electron chi connectivity index (χ0n) is 8.68. The van der Waals surface area contributed by atoms with Gasteiger partial charge in [0.25, 0.3) is 0 Å². The van der Waals surface area contributed by atoms with Crippen LogP contribution in [0.2, 0.25) is 0 Å². The number of hydrogen-bond donors (Lipinski definition) is 1. The van der Waals surface area contributed by atoms with Gasteiger partial charge in [0.2, 0.25) is 0 Å². The summed E-state index contributed by atoms with van der Waals surface area (Å²) < 4.78 is 1.76. The highest BCUT2D eigenvalue weighted by molar-refractivity contribution is 5.75. The molecule has 3 atom stereocenters. The third kappa shape index (κ3) is 0.967. The summed E-state index contributed by atoms with van der Waals surface area (Å²) in [7, 11) is 1.88. The van der Waals surface area contributed by atoms with Crippen LogP contribution >= 0.6 is 0 Å². The van der Waals surface area contributed by atoms with E-state index in [1.165, 1.54) is 0 Å². The molecule has 4 heteroatoms. The lowest BCUT2D eigenvalue weighted by atomic mass is 9.58. The highest BCUT2D eigenvalue weighted by Gasteiger charge is 2.64. The number of carbonyl (C=O) groups is 1. The van der Waals surface area contributed by atoms with Crippen molar-refractivity contribution < 1.29 is 9.90 Å². The topological polar surface area (TPSA) is 55.1 Å². The maximum absolute atomic E-state index is 11.2. The predicted molar refractivity (Wildman–Crippen MR) is 53.4 cm³/mol. The van der Waals surface area contributed by atoms with Crippen molar-refractivity contribution in [3.8, 4) is 0 Å². The molecular formula is C11H14N2O2. The van der Waals surface area contributed by atoms with Crippen LogP contribution in [-0.4, -0.2) is 20.9 Å². The van der Waals surface area contributed by atoms with Crippen molar-refractivity contribution in [2.45, 2.75) is 24.7 Å². The Kier molecular flexibility index (Phi) is 1.56. The molecule has 15 heavy (non-hydrogen) atoms. The minimum Gasteiger partial charge on any atom is -0.481 e. The molecular weight excluding hydrogens is 192 g/mol. The summed E-state index contributed by atoms with van der Waals surface area (Å²) in [4.78, 5) is 11.2. The second kappa shape index (κ2) is 2.62. The molecule has 3 fully saturated rings. The van der Waals surface area contributed by atoms with Crippen LogP contribution in [0.15, 0.2) is 12.3 Å². The number of hydrogen-bond acceptors (Lipinski definition) is 2. The number of carboxylic acids is 1. The molecule has 0 radical (unpaired) electrons. The van der Waals surface area contributed by atoms with Gasteiger partial charge >= 0.3 is 5.97 Å². The summed E-state index contributed by atoms with van der Waals surface area (Å²) in [5, 5.41) is 13.6. The average Bonchev–Trinajstić information content (AvgIpc) is 2.73. The van der Waals surface area contributed by atoms with E-state index < -0.39 is 5.97 Å². The molecule has 2 bridgehead atoms. The predicted octanol–water partition coefficient (Wildman–Crippen LogP) is 1.17. The van der Waals surface area contributed by atoms with Crippen molar-refractivity contribution >= 4 is 5.97 Å². The Bertz CT molecular complexity index is 422. The van der Waals surface area contributed by atoms with Gasteiger partial charge in [-0.15, -0.1) is 0 Å². The first kappa shape index (κ1) is 8.95. The Morgan fingerprint density at radius 3 is 3.07 bits per heavy atom. The number of aliphatic carboxylic acids is 1. The molecule has 3 saturated carbocycles. The van der Waals surface area contributed by atoms with E-state index in [1.54, 1.807) is 4.68 Å². The monoisotopic (exact) mass is 206 g/mol. The molecule has 4 rings (SSSR count). The number of rotatable bonds is 2. The summed E-state index contributed by atoms with van der Waals surface area (Å²) in [5.74, 6) is -0.439. The van der Waals surface area contributed by atoms with Gasteiger partial charge in [0.15, 0.2) is 0 Å². The van der Waals surface area contributed by atoms with Gasteiger partial charge in [-0.1, -0.05) is 0 Å². The van der Waals surface area contributed by atoms with Crippen molar-refractivity contribution in [2.24, 2.45) is 18.9 Å². The van der Waals surface area contributed by atoms with Crippen LogP contribution < -0.4 is 0 Å². The minimum atomic E-state index is -0.644. The van der Waals surface area contributed by atoms with Crippen molar-refractivity contribution in [1.29, 1.82) is 0 Å². The van der Waals surface area contributed by atoms with Gasteiger partial charge in [-0.05, 0) is 31.2 Å². The molecule has 0 aromatic carbocycles. The molecule has 3 unspecified atom stereocenters. The lowest BCUT2D eigenvalue weighted by molar-refractivity contribution is -0.150. The molecule has 0 saturated heterocycles. The number of carboxylic acid groups (broad SMARTS) is 1. The van der Waals surface area contributed by atoms with Gasteiger partial charge in [0.05, 0.1) is 11.6 Å². The van der Waals surface area contributed by atoms with E-state index in [9.17, 15) is 9.90 Å². The largest absolute Gasteiger partial charge is 0.481 e. The number of fused-ring (bicyclic) bond motifs is 1.